The van der Waals surface area contributed by atoms with Gasteiger partial charge in [-0.2, -0.15) is 0 Å². The second kappa shape index (κ2) is 10.3. The van der Waals surface area contributed by atoms with Gasteiger partial charge in [0.2, 0.25) is 16.0 Å². The van der Waals surface area contributed by atoms with Gasteiger partial charge in [-0.25, -0.2) is 21.5 Å². The van der Waals surface area contributed by atoms with Gasteiger partial charge in [-0.15, -0.1) is 0 Å². The largest absolute Gasteiger partial charge is 0.372 e. The summed E-state index contributed by atoms with van der Waals surface area (Å²) in [4.78, 5) is 3.46. The van der Waals surface area contributed by atoms with Crippen molar-refractivity contribution < 1.29 is 17.2 Å². The number of nitrogens with zero attached hydrogens (tertiary/aromatic N) is 2. The van der Waals surface area contributed by atoms with Gasteiger partial charge in [-0.1, -0.05) is 18.2 Å². The lowest BCUT2D eigenvalue weighted by molar-refractivity contribution is 0.348. The minimum Gasteiger partial charge on any atom is -0.372 e. The second-order valence-corrected chi connectivity index (χ2v) is 8.25. The van der Waals surface area contributed by atoms with E-state index in [0.29, 0.717) is 10.4 Å². The van der Waals surface area contributed by atoms with Gasteiger partial charge < -0.3 is 11.1 Å². The first-order valence-electron chi connectivity index (χ1n) is 7.46. The van der Waals surface area contributed by atoms with Gasteiger partial charge in [0.1, 0.15) is 11.0 Å². The lowest BCUT2D eigenvalue weighted by Crippen LogP contribution is -2.48. The maximum Gasteiger partial charge on any atom is 0.240 e. The predicted octanol–water partition coefficient (Wildman–Crippen LogP) is 2.59. The quantitative estimate of drug-likeness (QED) is 0.222. The third kappa shape index (κ3) is 6.41. The molecule has 0 bridgehead atoms. The molecular formula is C15H24ClF2N5O2S. The molecule has 11 heteroatoms. The zero-order valence-corrected chi connectivity index (χ0v) is 16.4. The monoisotopic (exact) mass is 411 g/mol. The number of nitrogens with one attached hydrogen (secondary N) is 2. The van der Waals surface area contributed by atoms with Crippen LogP contribution in [0.3, 0.4) is 0 Å². The average molecular weight is 412 g/mol. The molecule has 0 saturated heterocycles. The first-order chi connectivity index (χ1) is 11.9. The van der Waals surface area contributed by atoms with Crippen LogP contribution in [0.5, 0.6) is 0 Å². The van der Waals surface area contributed by atoms with Crippen LogP contribution in [0.4, 0.5) is 8.78 Å². The van der Waals surface area contributed by atoms with Gasteiger partial charge in [0, 0.05) is 25.4 Å². The minimum absolute atomic E-state index is 0.0515. The molecule has 7 nitrogen and oxygen atoms in total. The van der Waals surface area contributed by atoms with E-state index >= 15 is 0 Å². The Balaban J connectivity index is 5.91. The number of sulfonamides is 1. The number of nitrogens with two attached hydrogens (primary N) is 1. The predicted molar refractivity (Wildman–Crippen MR) is 102 cm³/mol. The van der Waals surface area contributed by atoms with E-state index in [0.717, 1.165) is 7.05 Å². The molecule has 0 aliphatic heterocycles. The van der Waals surface area contributed by atoms with Crippen molar-refractivity contribution in [2.75, 3.05) is 7.05 Å². The number of guanidine groups is 1. The molecule has 4 N–H and O–H groups in total. The molecule has 3 atom stereocenters. The Morgan fingerprint density at radius 1 is 1.46 bits per heavy atom. The molecule has 0 heterocycles. The van der Waals surface area contributed by atoms with Crippen molar-refractivity contribution in [3.05, 3.63) is 35.7 Å². The van der Waals surface area contributed by atoms with Gasteiger partial charge in [0.25, 0.3) is 0 Å². The topological polar surface area (TPSA) is 112 Å². The van der Waals surface area contributed by atoms with Crippen molar-refractivity contribution in [2.45, 2.75) is 31.6 Å². The van der Waals surface area contributed by atoms with E-state index in [1.807, 2.05) is 0 Å². The molecule has 0 amide bonds. The van der Waals surface area contributed by atoms with E-state index < -0.39 is 51.3 Å². The van der Waals surface area contributed by atoms with Crippen molar-refractivity contribution in [2.24, 2.45) is 16.6 Å². The Morgan fingerprint density at radius 3 is 2.42 bits per heavy atom. The van der Waals surface area contributed by atoms with Crippen LogP contribution in [0.2, 0.25) is 0 Å². The SMILES string of the molecule is C=C/C(F)=C(/F)C[C@@H](C(C)N/C(Cl)=C\N=C)[C@@H](C)S(=O)(=O)N(C)C(=N)N. The van der Waals surface area contributed by atoms with Gasteiger partial charge in [-0.05, 0) is 26.6 Å². The normalized spacial score (nSPS) is 16.8. The summed E-state index contributed by atoms with van der Waals surface area (Å²) in [7, 11) is -3.00. The molecule has 0 fully saturated rings. The molecule has 0 radical (unpaired) electrons. The van der Waals surface area contributed by atoms with Crippen molar-refractivity contribution in [1.82, 2.24) is 9.62 Å². The van der Waals surface area contributed by atoms with Crippen LogP contribution in [0.15, 0.2) is 40.7 Å². The van der Waals surface area contributed by atoms with Crippen molar-refractivity contribution in [3.63, 3.8) is 0 Å². The van der Waals surface area contributed by atoms with Crippen molar-refractivity contribution >= 4 is 34.3 Å². The minimum atomic E-state index is -4.10. The van der Waals surface area contributed by atoms with Gasteiger partial charge in [0.15, 0.2) is 5.83 Å². The first-order valence-corrected chi connectivity index (χ1v) is 9.34. The maximum atomic E-state index is 14.1. The van der Waals surface area contributed by atoms with Crippen LogP contribution >= 0.6 is 11.6 Å². The Labute approximate surface area is 157 Å². The Bertz CT molecular complexity index is 709. The third-order valence-electron chi connectivity index (χ3n) is 3.86. The van der Waals surface area contributed by atoms with E-state index in [-0.39, 0.29) is 5.16 Å². The Kier molecular flexibility index (Phi) is 9.50. The molecule has 0 rings (SSSR count). The molecule has 26 heavy (non-hydrogen) atoms. The molecule has 0 aromatic heterocycles. The maximum absolute atomic E-state index is 14.1. The molecule has 0 aromatic rings. The zero-order chi connectivity index (χ0) is 20.7. The summed E-state index contributed by atoms with van der Waals surface area (Å²) >= 11 is 5.88. The fourth-order valence-electron chi connectivity index (χ4n) is 2.21. The second-order valence-electron chi connectivity index (χ2n) is 5.52. The molecular weight excluding hydrogens is 388 g/mol. The van der Waals surface area contributed by atoms with Crippen LogP contribution in [-0.2, 0) is 10.0 Å². The summed E-state index contributed by atoms with van der Waals surface area (Å²) in [6.45, 7) is 9.25. The summed E-state index contributed by atoms with van der Waals surface area (Å²) in [5, 5.41) is 8.89. The van der Waals surface area contributed by atoms with E-state index in [1.54, 1.807) is 6.92 Å². The number of hydrogen-bond donors (Lipinski definition) is 3. The lowest BCUT2D eigenvalue weighted by atomic mass is 9.93. The number of halogens is 3. The highest BCUT2D eigenvalue weighted by molar-refractivity contribution is 7.90. The highest BCUT2D eigenvalue weighted by atomic mass is 35.5. The average Bonchev–Trinajstić information content (AvgIpc) is 2.56. The van der Waals surface area contributed by atoms with Crippen LogP contribution in [0.1, 0.15) is 20.3 Å². The molecule has 0 aliphatic rings. The fraction of sp³-hybridized carbons (Fsp3) is 0.467. The molecule has 0 saturated carbocycles. The third-order valence-corrected chi connectivity index (χ3v) is 6.32. The summed E-state index contributed by atoms with van der Waals surface area (Å²) < 4.78 is 53.3. The fourth-order valence-corrected chi connectivity index (χ4v) is 4.00. The molecule has 148 valence electrons. The summed E-state index contributed by atoms with van der Waals surface area (Å²) in [5.74, 6) is -3.98. The smallest absolute Gasteiger partial charge is 0.240 e. The van der Waals surface area contributed by atoms with Gasteiger partial charge in [-0.3, -0.25) is 10.4 Å². The standard InChI is InChI=1S/C15H24ClF2N5O2S/c1-6-12(17)13(18)7-11(9(2)22-14(16)8-21-4)10(3)26(24,25)23(5)15(19)20/h6,8-11,22H,1,4,7H2,2-3,5H3,(H3,19,20)/b13-12-,14-8-/t9?,10-,11+/m1/s1. The first kappa shape index (κ1) is 24.1. The van der Waals surface area contributed by atoms with Crippen LogP contribution in [-0.4, -0.2) is 43.7 Å². The lowest BCUT2D eigenvalue weighted by Gasteiger charge is -2.32. The van der Waals surface area contributed by atoms with Crippen molar-refractivity contribution in [3.8, 4) is 0 Å². The summed E-state index contributed by atoms with van der Waals surface area (Å²) in [6, 6.07) is -0.700. The van der Waals surface area contributed by atoms with E-state index in [9.17, 15) is 17.2 Å². The highest BCUT2D eigenvalue weighted by Crippen LogP contribution is 2.29. The molecule has 0 aliphatic carbocycles. The Hall–Kier alpha value is -1.94. The van der Waals surface area contributed by atoms with Crippen LogP contribution in [0, 0.1) is 11.3 Å². The number of aliphatic imine (C=N–C) groups is 1. The van der Waals surface area contributed by atoms with Gasteiger partial charge >= 0.3 is 0 Å². The molecule has 0 aromatic carbocycles. The van der Waals surface area contributed by atoms with Crippen molar-refractivity contribution in [1.29, 1.82) is 5.41 Å². The van der Waals surface area contributed by atoms with E-state index in [4.69, 9.17) is 22.7 Å². The number of allylic oxidation sites excluding steroid dienone is 3. The number of rotatable bonds is 10. The summed E-state index contributed by atoms with van der Waals surface area (Å²) in [5.41, 5.74) is 5.24. The Morgan fingerprint density at radius 2 is 2.00 bits per heavy atom. The van der Waals surface area contributed by atoms with Crippen LogP contribution in [0.25, 0.3) is 0 Å². The highest BCUT2D eigenvalue weighted by Gasteiger charge is 2.37. The summed E-state index contributed by atoms with van der Waals surface area (Å²) in [6.07, 6.45) is 1.34. The number of hydrogen-bond acceptors (Lipinski definition) is 5. The van der Waals surface area contributed by atoms with Crippen LogP contribution < -0.4 is 11.1 Å². The van der Waals surface area contributed by atoms with E-state index in [1.165, 1.54) is 13.1 Å². The van der Waals surface area contributed by atoms with E-state index in [2.05, 4.69) is 23.6 Å². The molecule has 1 unspecified atom stereocenters. The molecule has 0 spiro atoms. The zero-order valence-electron chi connectivity index (χ0n) is 14.8. The van der Waals surface area contributed by atoms with Gasteiger partial charge in [0.05, 0.1) is 11.4 Å².